The standard InChI is InChI=1S/C27H35N3O6S/c1-3-4-18-30(23-15-9-6-10-16-23)37(34,35)24-17-11-12-21(19-24)26(32)36-20(2)25(31)29-27(33)28-22-13-7-5-8-14-22/h6,9-12,15-17,19-20,22H,3-5,7-8,13-14,18H2,1-2H3,(H2,28,29,31,33). The van der Waals surface area contributed by atoms with E-state index in [0.29, 0.717) is 12.1 Å². The lowest BCUT2D eigenvalue weighted by Crippen LogP contribution is -2.48. The van der Waals surface area contributed by atoms with E-state index >= 15 is 0 Å². The summed E-state index contributed by atoms with van der Waals surface area (Å²) < 4.78 is 33.5. The molecule has 1 fully saturated rings. The molecule has 1 unspecified atom stereocenters. The highest BCUT2D eigenvalue weighted by Crippen LogP contribution is 2.25. The molecule has 3 rings (SSSR count). The number of ether oxygens (including phenoxy) is 1. The van der Waals surface area contributed by atoms with Crippen molar-refractivity contribution < 1.29 is 27.5 Å². The number of hydrogen-bond acceptors (Lipinski definition) is 6. The lowest BCUT2D eigenvalue weighted by Gasteiger charge is -2.24. The van der Waals surface area contributed by atoms with Crippen molar-refractivity contribution in [2.45, 2.75) is 75.8 Å². The van der Waals surface area contributed by atoms with Gasteiger partial charge in [-0.2, -0.15) is 0 Å². The van der Waals surface area contributed by atoms with Crippen LogP contribution in [0.15, 0.2) is 59.5 Å². The first-order valence-electron chi connectivity index (χ1n) is 12.7. The minimum atomic E-state index is -3.96. The molecule has 0 heterocycles. The van der Waals surface area contributed by atoms with E-state index in [-0.39, 0.29) is 23.0 Å². The Bertz CT molecular complexity index is 1180. The quantitative estimate of drug-likeness (QED) is 0.441. The van der Waals surface area contributed by atoms with E-state index in [1.807, 2.05) is 13.0 Å². The Labute approximate surface area is 218 Å². The molecule has 3 amide bonds. The molecule has 2 aromatic carbocycles. The SMILES string of the molecule is CCCCN(c1ccccc1)S(=O)(=O)c1cccc(C(=O)OC(C)C(=O)NC(=O)NC2CCCCC2)c1. The maximum atomic E-state index is 13.5. The van der Waals surface area contributed by atoms with Crippen LogP contribution in [0.1, 0.15) is 69.2 Å². The molecule has 0 radical (unpaired) electrons. The van der Waals surface area contributed by atoms with Gasteiger partial charge in [-0.3, -0.25) is 14.4 Å². The van der Waals surface area contributed by atoms with Gasteiger partial charge in [0.2, 0.25) is 0 Å². The predicted octanol–water partition coefficient (Wildman–Crippen LogP) is 4.39. The van der Waals surface area contributed by atoms with Crippen molar-refractivity contribution in [3.05, 3.63) is 60.2 Å². The van der Waals surface area contributed by atoms with Crippen LogP contribution in [0, 0.1) is 0 Å². The minimum Gasteiger partial charge on any atom is -0.449 e. The van der Waals surface area contributed by atoms with E-state index in [0.717, 1.165) is 38.5 Å². The summed E-state index contributed by atoms with van der Waals surface area (Å²) in [5, 5.41) is 4.97. The van der Waals surface area contributed by atoms with Crippen LogP contribution in [-0.2, 0) is 19.6 Å². The second-order valence-corrected chi connectivity index (χ2v) is 11.0. The Morgan fingerprint density at radius 3 is 2.41 bits per heavy atom. The molecule has 1 aliphatic rings. The van der Waals surface area contributed by atoms with Crippen LogP contribution in [0.3, 0.4) is 0 Å². The first-order chi connectivity index (χ1) is 17.7. The zero-order valence-corrected chi connectivity index (χ0v) is 22.1. The smallest absolute Gasteiger partial charge is 0.338 e. The van der Waals surface area contributed by atoms with Crippen LogP contribution < -0.4 is 14.9 Å². The average Bonchev–Trinajstić information content (AvgIpc) is 2.90. The van der Waals surface area contributed by atoms with Crippen LogP contribution in [0.25, 0.3) is 0 Å². The first kappa shape index (κ1) is 28.2. The first-order valence-corrected chi connectivity index (χ1v) is 14.2. The van der Waals surface area contributed by atoms with Gasteiger partial charge in [0.05, 0.1) is 16.1 Å². The summed E-state index contributed by atoms with van der Waals surface area (Å²) in [4.78, 5) is 37.2. The molecule has 10 heteroatoms. The molecule has 0 saturated heterocycles. The van der Waals surface area contributed by atoms with Crippen molar-refractivity contribution in [1.82, 2.24) is 10.6 Å². The Hall–Kier alpha value is -3.40. The Morgan fingerprint density at radius 2 is 1.73 bits per heavy atom. The molecule has 0 bridgehead atoms. The number of para-hydroxylation sites is 1. The predicted molar refractivity (Wildman–Crippen MR) is 141 cm³/mol. The van der Waals surface area contributed by atoms with Gasteiger partial charge in [-0.25, -0.2) is 18.0 Å². The summed E-state index contributed by atoms with van der Waals surface area (Å²) in [5.74, 6) is -1.63. The fourth-order valence-electron chi connectivity index (χ4n) is 4.16. The number of rotatable bonds is 10. The molecule has 2 N–H and O–H groups in total. The van der Waals surface area contributed by atoms with E-state index < -0.39 is 34.0 Å². The van der Waals surface area contributed by atoms with E-state index in [1.54, 1.807) is 24.3 Å². The number of nitrogens with zero attached hydrogens (tertiary/aromatic N) is 1. The van der Waals surface area contributed by atoms with E-state index in [4.69, 9.17) is 4.74 Å². The number of carbonyl (C=O) groups is 3. The molecule has 37 heavy (non-hydrogen) atoms. The molecular formula is C27H35N3O6S. The van der Waals surface area contributed by atoms with Crippen LogP contribution in [0.2, 0.25) is 0 Å². The van der Waals surface area contributed by atoms with E-state index in [1.165, 1.54) is 35.5 Å². The van der Waals surface area contributed by atoms with Gasteiger partial charge in [-0.15, -0.1) is 0 Å². The summed E-state index contributed by atoms with van der Waals surface area (Å²) in [6, 6.07) is 13.7. The zero-order chi connectivity index (χ0) is 26.8. The van der Waals surface area contributed by atoms with E-state index in [2.05, 4.69) is 10.6 Å². The fourth-order valence-corrected chi connectivity index (χ4v) is 5.71. The van der Waals surface area contributed by atoms with Crippen molar-refractivity contribution in [2.24, 2.45) is 0 Å². The van der Waals surface area contributed by atoms with Crippen molar-refractivity contribution in [3.8, 4) is 0 Å². The highest BCUT2D eigenvalue weighted by Gasteiger charge is 2.27. The van der Waals surface area contributed by atoms with Gasteiger partial charge in [-0.05, 0) is 56.5 Å². The number of benzene rings is 2. The van der Waals surface area contributed by atoms with Crippen LogP contribution in [0.4, 0.5) is 10.5 Å². The van der Waals surface area contributed by atoms with Crippen LogP contribution in [0.5, 0.6) is 0 Å². The molecule has 1 aliphatic carbocycles. The molecule has 1 atom stereocenters. The van der Waals surface area contributed by atoms with Crippen molar-refractivity contribution in [1.29, 1.82) is 0 Å². The highest BCUT2D eigenvalue weighted by atomic mass is 32.2. The summed E-state index contributed by atoms with van der Waals surface area (Å²) in [6.45, 7) is 3.62. The van der Waals surface area contributed by atoms with Gasteiger partial charge in [-0.1, -0.05) is 56.9 Å². The maximum Gasteiger partial charge on any atom is 0.338 e. The van der Waals surface area contributed by atoms with Gasteiger partial charge in [0.15, 0.2) is 6.10 Å². The second kappa shape index (κ2) is 13.2. The highest BCUT2D eigenvalue weighted by molar-refractivity contribution is 7.92. The Morgan fingerprint density at radius 1 is 1.03 bits per heavy atom. The van der Waals surface area contributed by atoms with Gasteiger partial charge >= 0.3 is 12.0 Å². The summed E-state index contributed by atoms with van der Waals surface area (Å²) >= 11 is 0. The van der Waals surface area contributed by atoms with Crippen LogP contribution >= 0.6 is 0 Å². The zero-order valence-electron chi connectivity index (χ0n) is 21.3. The molecule has 0 spiro atoms. The van der Waals surface area contributed by atoms with Crippen LogP contribution in [-0.4, -0.2) is 45.0 Å². The van der Waals surface area contributed by atoms with Crippen molar-refractivity contribution in [2.75, 3.05) is 10.8 Å². The van der Waals surface area contributed by atoms with Gasteiger partial charge in [0, 0.05) is 12.6 Å². The normalized spacial score (nSPS) is 14.9. The molecule has 200 valence electrons. The van der Waals surface area contributed by atoms with Gasteiger partial charge in [0.1, 0.15) is 0 Å². The molecule has 2 aromatic rings. The Balaban J connectivity index is 1.67. The number of unbranched alkanes of at least 4 members (excludes halogenated alkanes) is 1. The Kier molecular flexibility index (Phi) is 10.1. The number of imide groups is 1. The van der Waals surface area contributed by atoms with Gasteiger partial charge < -0.3 is 10.1 Å². The summed E-state index contributed by atoms with van der Waals surface area (Å²) in [5.41, 5.74) is 0.511. The van der Waals surface area contributed by atoms with Gasteiger partial charge in [0.25, 0.3) is 15.9 Å². The molecule has 0 aliphatic heterocycles. The third-order valence-corrected chi connectivity index (χ3v) is 8.07. The summed E-state index contributed by atoms with van der Waals surface area (Å²) in [7, 11) is -3.96. The third kappa shape index (κ3) is 7.79. The number of hydrogen-bond donors (Lipinski definition) is 2. The number of nitrogens with one attached hydrogen (secondary N) is 2. The number of anilines is 1. The summed E-state index contributed by atoms with van der Waals surface area (Å²) in [6.07, 6.45) is 5.15. The number of carbonyl (C=O) groups excluding carboxylic acids is 3. The number of amides is 3. The average molecular weight is 530 g/mol. The lowest BCUT2D eigenvalue weighted by atomic mass is 9.96. The van der Waals surface area contributed by atoms with Crippen molar-refractivity contribution >= 4 is 33.6 Å². The number of esters is 1. The molecule has 0 aromatic heterocycles. The largest absolute Gasteiger partial charge is 0.449 e. The fraction of sp³-hybridized carbons (Fsp3) is 0.444. The number of sulfonamides is 1. The third-order valence-electron chi connectivity index (χ3n) is 6.25. The molecule has 9 nitrogen and oxygen atoms in total. The molecule has 1 saturated carbocycles. The monoisotopic (exact) mass is 529 g/mol. The number of urea groups is 1. The molecular weight excluding hydrogens is 494 g/mol. The second-order valence-electron chi connectivity index (χ2n) is 9.14. The van der Waals surface area contributed by atoms with E-state index in [9.17, 15) is 22.8 Å². The lowest BCUT2D eigenvalue weighted by molar-refractivity contribution is -0.127. The van der Waals surface area contributed by atoms with Crippen molar-refractivity contribution in [3.63, 3.8) is 0 Å². The minimum absolute atomic E-state index is 0.0177. The topological polar surface area (TPSA) is 122 Å². The maximum absolute atomic E-state index is 13.5.